The summed E-state index contributed by atoms with van der Waals surface area (Å²) < 4.78 is 2.46. The summed E-state index contributed by atoms with van der Waals surface area (Å²) in [6, 6.07) is 17.6. The summed E-state index contributed by atoms with van der Waals surface area (Å²) in [5.74, 6) is 0. The molecule has 2 unspecified atom stereocenters. The summed E-state index contributed by atoms with van der Waals surface area (Å²) in [5, 5.41) is 0. The monoisotopic (exact) mass is 454 g/mol. The first-order chi connectivity index (χ1) is 10.8. The van der Waals surface area contributed by atoms with Gasteiger partial charge in [0.25, 0.3) is 0 Å². The molecule has 124 valence electrons. The van der Waals surface area contributed by atoms with E-state index in [0.717, 1.165) is 21.8 Å². The van der Waals surface area contributed by atoms with Crippen LogP contribution in [0.25, 0.3) is 0 Å². The van der Waals surface area contributed by atoms with E-state index in [0.29, 0.717) is 0 Å². The van der Waals surface area contributed by atoms with Crippen LogP contribution in [0.1, 0.15) is 51.7 Å². The molecule has 0 saturated carbocycles. The van der Waals surface area contributed by atoms with Crippen LogP contribution in [0.2, 0.25) is 0 Å². The first-order valence-corrected chi connectivity index (χ1v) is 10.5. The van der Waals surface area contributed by atoms with Crippen molar-refractivity contribution in [2.24, 2.45) is 0 Å². The maximum atomic E-state index is 3.54. The van der Waals surface area contributed by atoms with Crippen molar-refractivity contribution in [2.75, 3.05) is 0 Å². The van der Waals surface area contributed by atoms with E-state index in [9.17, 15) is 0 Å². The van der Waals surface area contributed by atoms with Crippen LogP contribution < -0.4 is 0 Å². The van der Waals surface area contributed by atoms with Crippen molar-refractivity contribution in [3.8, 4) is 0 Å². The second kappa shape index (κ2) is 7.76. The van der Waals surface area contributed by atoms with E-state index in [-0.39, 0.29) is 9.49 Å². The summed E-state index contributed by atoms with van der Waals surface area (Å²) in [4.78, 5) is 0. The molecule has 0 bridgehead atoms. The number of halogens is 2. The van der Waals surface area contributed by atoms with Gasteiger partial charge < -0.3 is 0 Å². The average Bonchev–Trinajstić information content (AvgIpc) is 2.55. The maximum absolute atomic E-state index is 3.54. The Balaban J connectivity index is 2.37. The van der Waals surface area contributed by atoms with Crippen molar-refractivity contribution in [1.29, 1.82) is 0 Å². The molecule has 2 aromatic rings. The average molecular weight is 456 g/mol. The van der Waals surface area contributed by atoms with Crippen LogP contribution in [0, 0.1) is 0 Å². The third kappa shape index (κ3) is 4.43. The summed E-state index contributed by atoms with van der Waals surface area (Å²) in [7, 11) is 0. The van der Waals surface area contributed by atoms with Crippen molar-refractivity contribution in [1.82, 2.24) is 0 Å². The Kier molecular flexibility index (Phi) is 6.43. The van der Waals surface area contributed by atoms with Crippen LogP contribution in [0.3, 0.4) is 0 Å². The highest BCUT2D eigenvalue weighted by atomic mass is 79.9. The summed E-state index contributed by atoms with van der Waals surface area (Å²) in [6.45, 7) is 9.31. The molecule has 2 aromatic carbocycles. The van der Waals surface area contributed by atoms with Crippen LogP contribution in [0.4, 0.5) is 0 Å². The minimum atomic E-state index is 0.0958. The first kappa shape index (κ1) is 19.1. The van der Waals surface area contributed by atoms with Gasteiger partial charge in [-0.05, 0) is 62.1 Å². The van der Waals surface area contributed by atoms with Crippen molar-refractivity contribution in [3.63, 3.8) is 0 Å². The van der Waals surface area contributed by atoms with Crippen LogP contribution in [0.5, 0.6) is 0 Å². The molecule has 0 N–H and O–H groups in total. The highest BCUT2D eigenvalue weighted by Crippen LogP contribution is 2.52. The van der Waals surface area contributed by atoms with Crippen molar-refractivity contribution >= 4 is 43.6 Å². The molecule has 2 atom stereocenters. The van der Waals surface area contributed by atoms with Gasteiger partial charge in [0.2, 0.25) is 0 Å². The molecular weight excluding hydrogens is 432 g/mol. The Hall–Kier alpha value is -0.250. The molecular formula is C20H24Br2S. The zero-order chi connectivity index (χ0) is 17.1. The smallest absolute Gasteiger partial charge is 0.0386 e. The van der Waals surface area contributed by atoms with Crippen molar-refractivity contribution in [2.45, 2.75) is 50.0 Å². The molecule has 23 heavy (non-hydrogen) atoms. The van der Waals surface area contributed by atoms with Crippen LogP contribution in [-0.2, 0) is 9.49 Å². The molecule has 0 aliphatic carbocycles. The molecule has 0 saturated heterocycles. The van der Waals surface area contributed by atoms with Crippen LogP contribution in [-0.4, -0.2) is 0 Å². The number of rotatable bonds is 6. The molecule has 0 spiro atoms. The molecule has 3 heteroatoms. The minimum absolute atomic E-state index is 0.0958. The lowest BCUT2D eigenvalue weighted by Crippen LogP contribution is -2.27. The van der Waals surface area contributed by atoms with E-state index in [1.807, 2.05) is 0 Å². The lowest BCUT2D eigenvalue weighted by atomic mass is 9.96. The fourth-order valence-corrected chi connectivity index (χ4v) is 5.09. The number of thioether (sulfide) groups is 1. The van der Waals surface area contributed by atoms with E-state index in [2.05, 4.69) is 120 Å². The molecule has 0 heterocycles. The van der Waals surface area contributed by atoms with Gasteiger partial charge in [-0.25, -0.2) is 0 Å². The Morgan fingerprint density at radius 3 is 1.26 bits per heavy atom. The highest BCUT2D eigenvalue weighted by molar-refractivity contribution is 9.10. The SMILES string of the molecule is CCC(C)(SC(C)(CC)c1ccc(Br)cc1)c1ccc(Br)cc1. The fraction of sp³-hybridized carbons (Fsp3) is 0.400. The predicted molar refractivity (Wildman–Crippen MR) is 111 cm³/mol. The van der Waals surface area contributed by atoms with Gasteiger partial charge in [0.1, 0.15) is 0 Å². The van der Waals surface area contributed by atoms with Gasteiger partial charge in [0, 0.05) is 18.4 Å². The third-order valence-corrected chi connectivity index (χ3v) is 7.72. The topological polar surface area (TPSA) is 0 Å². The number of hydrogen-bond acceptors (Lipinski definition) is 1. The molecule has 0 aromatic heterocycles. The van der Waals surface area contributed by atoms with Crippen LogP contribution >= 0.6 is 43.6 Å². The quantitative estimate of drug-likeness (QED) is 0.426. The van der Waals surface area contributed by atoms with Gasteiger partial charge in [-0.3, -0.25) is 0 Å². The number of hydrogen-bond donors (Lipinski definition) is 0. The van der Waals surface area contributed by atoms with Gasteiger partial charge in [-0.1, -0.05) is 70.0 Å². The Morgan fingerprint density at radius 2 is 1.00 bits per heavy atom. The Labute approximate surface area is 161 Å². The Morgan fingerprint density at radius 1 is 0.696 bits per heavy atom. The van der Waals surface area contributed by atoms with E-state index in [1.54, 1.807) is 0 Å². The minimum Gasteiger partial charge on any atom is -0.139 e. The largest absolute Gasteiger partial charge is 0.139 e. The first-order valence-electron chi connectivity index (χ1n) is 8.05. The summed E-state index contributed by atoms with van der Waals surface area (Å²) in [6.07, 6.45) is 2.21. The van der Waals surface area contributed by atoms with Gasteiger partial charge >= 0.3 is 0 Å². The van der Waals surface area contributed by atoms with Crippen molar-refractivity contribution in [3.05, 3.63) is 68.6 Å². The lowest BCUT2D eigenvalue weighted by Gasteiger charge is -2.39. The summed E-state index contributed by atoms with van der Waals surface area (Å²) >= 11 is 9.16. The second-order valence-electron chi connectivity index (χ2n) is 6.28. The van der Waals surface area contributed by atoms with Gasteiger partial charge in [0.15, 0.2) is 0 Å². The fourth-order valence-electron chi connectivity index (χ4n) is 2.77. The molecule has 0 amide bonds. The number of benzene rings is 2. The van der Waals surface area contributed by atoms with E-state index >= 15 is 0 Å². The van der Waals surface area contributed by atoms with Gasteiger partial charge in [0.05, 0.1) is 0 Å². The molecule has 0 radical (unpaired) electrons. The van der Waals surface area contributed by atoms with Gasteiger partial charge in [-0.2, -0.15) is 0 Å². The molecule has 0 aliphatic rings. The van der Waals surface area contributed by atoms with Crippen molar-refractivity contribution < 1.29 is 0 Å². The second-order valence-corrected chi connectivity index (χ2v) is 10.1. The zero-order valence-electron chi connectivity index (χ0n) is 14.2. The molecule has 2 rings (SSSR count). The molecule has 0 nitrogen and oxygen atoms in total. The van der Waals surface area contributed by atoms with Crippen LogP contribution in [0.15, 0.2) is 57.5 Å². The highest BCUT2D eigenvalue weighted by Gasteiger charge is 2.36. The third-order valence-electron chi connectivity index (χ3n) is 4.71. The van der Waals surface area contributed by atoms with E-state index in [4.69, 9.17) is 0 Å². The lowest BCUT2D eigenvalue weighted by molar-refractivity contribution is 0.608. The normalized spacial score (nSPS) is 16.6. The molecule has 0 fully saturated rings. The van der Waals surface area contributed by atoms with E-state index in [1.165, 1.54) is 11.1 Å². The Bertz CT molecular complexity index is 578. The molecule has 0 aliphatic heterocycles. The predicted octanol–water partition coefficient (Wildman–Crippen LogP) is 7.90. The standard InChI is InChI=1S/C20H24Br2S/c1-5-19(3,15-7-11-17(21)12-8-15)23-20(4,6-2)16-9-13-18(22)14-10-16/h7-14H,5-6H2,1-4H3. The van der Waals surface area contributed by atoms with Gasteiger partial charge in [-0.15, -0.1) is 11.8 Å². The van der Waals surface area contributed by atoms with E-state index < -0.39 is 0 Å². The maximum Gasteiger partial charge on any atom is 0.0386 e. The summed E-state index contributed by atoms with van der Waals surface area (Å²) in [5.41, 5.74) is 2.79. The zero-order valence-corrected chi connectivity index (χ0v) is 18.2.